The normalized spacial score (nSPS) is 13.1. The molecule has 0 spiro atoms. The summed E-state index contributed by atoms with van der Waals surface area (Å²) >= 11 is 0. The Morgan fingerprint density at radius 2 is 0.927 bits per heavy atom. The van der Waals surface area contributed by atoms with E-state index in [2.05, 4.69) is 125 Å². The SMILES string of the molecule is Cc1ccccc1-c1ccc(-c2nc(-c3ccccc3)nc(-c3ccc4c(c3)C(C)(C)c3ccccc3-4)n2)cc1C. The zero-order valence-corrected chi connectivity index (χ0v) is 23.8. The molecule has 3 heteroatoms. The van der Waals surface area contributed by atoms with Crippen LogP contribution in [0.2, 0.25) is 0 Å². The molecule has 0 radical (unpaired) electrons. The van der Waals surface area contributed by atoms with Gasteiger partial charge in [0.15, 0.2) is 17.5 Å². The topological polar surface area (TPSA) is 38.7 Å². The minimum atomic E-state index is -0.0947. The molecule has 0 atom stereocenters. The van der Waals surface area contributed by atoms with Gasteiger partial charge in [0.1, 0.15) is 0 Å². The van der Waals surface area contributed by atoms with Crippen molar-refractivity contribution in [3.63, 3.8) is 0 Å². The Hall–Kier alpha value is -4.89. The van der Waals surface area contributed by atoms with Gasteiger partial charge in [-0.3, -0.25) is 0 Å². The standard InChI is InChI=1S/C38H31N3/c1-24-12-8-9-15-29(24)30-20-18-27(22-25(30)2)36-39-35(26-13-6-5-7-14-26)40-37(41-36)28-19-21-32-31-16-10-11-17-33(31)38(3,4)34(32)23-28/h5-23H,1-4H3. The molecule has 7 rings (SSSR count). The zero-order chi connectivity index (χ0) is 28.1. The van der Waals surface area contributed by atoms with E-state index in [4.69, 9.17) is 15.0 Å². The van der Waals surface area contributed by atoms with Crippen molar-refractivity contribution in [1.29, 1.82) is 0 Å². The number of rotatable bonds is 4. The lowest BCUT2D eigenvalue weighted by Crippen LogP contribution is -2.15. The third-order valence-electron chi connectivity index (χ3n) is 8.43. The molecule has 198 valence electrons. The Morgan fingerprint density at radius 3 is 1.61 bits per heavy atom. The molecule has 0 aliphatic heterocycles. The first kappa shape index (κ1) is 25.1. The second-order valence-corrected chi connectivity index (χ2v) is 11.4. The highest BCUT2D eigenvalue weighted by molar-refractivity contribution is 5.83. The molecule has 0 unspecified atom stereocenters. The van der Waals surface area contributed by atoms with Crippen molar-refractivity contribution in [1.82, 2.24) is 15.0 Å². The molecule has 1 heterocycles. The molecule has 1 aromatic heterocycles. The average Bonchev–Trinajstić information content (AvgIpc) is 3.24. The highest BCUT2D eigenvalue weighted by Gasteiger charge is 2.35. The fraction of sp³-hybridized carbons (Fsp3) is 0.132. The summed E-state index contributed by atoms with van der Waals surface area (Å²) in [5.74, 6) is 2.04. The van der Waals surface area contributed by atoms with E-state index in [1.165, 1.54) is 44.5 Å². The number of fused-ring (bicyclic) bond motifs is 3. The van der Waals surface area contributed by atoms with Crippen molar-refractivity contribution < 1.29 is 0 Å². The van der Waals surface area contributed by atoms with Crippen molar-refractivity contribution >= 4 is 0 Å². The van der Waals surface area contributed by atoms with Crippen LogP contribution in [-0.4, -0.2) is 15.0 Å². The van der Waals surface area contributed by atoms with E-state index in [0.29, 0.717) is 17.5 Å². The van der Waals surface area contributed by atoms with Crippen LogP contribution >= 0.6 is 0 Å². The second kappa shape index (κ2) is 9.64. The Kier molecular flexibility index (Phi) is 5.90. The van der Waals surface area contributed by atoms with Crippen LogP contribution in [0.15, 0.2) is 115 Å². The molecule has 1 aliphatic carbocycles. The van der Waals surface area contributed by atoms with Gasteiger partial charge in [0.05, 0.1) is 0 Å². The van der Waals surface area contributed by atoms with E-state index in [-0.39, 0.29) is 5.41 Å². The van der Waals surface area contributed by atoms with E-state index < -0.39 is 0 Å². The third-order valence-corrected chi connectivity index (χ3v) is 8.43. The van der Waals surface area contributed by atoms with Crippen molar-refractivity contribution in [2.24, 2.45) is 0 Å². The number of aryl methyl sites for hydroxylation is 2. The van der Waals surface area contributed by atoms with Crippen LogP contribution in [0.25, 0.3) is 56.4 Å². The lowest BCUT2D eigenvalue weighted by Gasteiger charge is -2.21. The fourth-order valence-electron chi connectivity index (χ4n) is 6.17. The van der Waals surface area contributed by atoms with Gasteiger partial charge in [0, 0.05) is 22.1 Å². The maximum atomic E-state index is 5.06. The molecular weight excluding hydrogens is 498 g/mol. The summed E-state index contributed by atoms with van der Waals surface area (Å²) in [4.78, 5) is 15.0. The largest absolute Gasteiger partial charge is 0.208 e. The highest BCUT2D eigenvalue weighted by Crippen LogP contribution is 2.49. The number of aromatic nitrogens is 3. The summed E-state index contributed by atoms with van der Waals surface area (Å²) in [5.41, 5.74) is 13.0. The summed E-state index contributed by atoms with van der Waals surface area (Å²) < 4.78 is 0. The lowest BCUT2D eigenvalue weighted by molar-refractivity contribution is 0.660. The molecule has 6 aromatic rings. The van der Waals surface area contributed by atoms with Gasteiger partial charge in [-0.25, -0.2) is 15.0 Å². The van der Waals surface area contributed by atoms with Crippen molar-refractivity contribution in [3.05, 3.63) is 138 Å². The first-order chi connectivity index (χ1) is 19.9. The lowest BCUT2D eigenvalue weighted by atomic mass is 9.82. The van der Waals surface area contributed by atoms with Crippen molar-refractivity contribution in [2.45, 2.75) is 33.1 Å². The van der Waals surface area contributed by atoms with Crippen LogP contribution in [0.5, 0.6) is 0 Å². The highest BCUT2D eigenvalue weighted by atomic mass is 15.0. The number of nitrogens with zero attached hydrogens (tertiary/aromatic N) is 3. The Morgan fingerprint density at radius 1 is 0.415 bits per heavy atom. The van der Waals surface area contributed by atoms with Crippen LogP contribution in [0.4, 0.5) is 0 Å². The Balaban J connectivity index is 1.37. The van der Waals surface area contributed by atoms with Gasteiger partial charge in [-0.05, 0) is 70.5 Å². The monoisotopic (exact) mass is 529 g/mol. The van der Waals surface area contributed by atoms with Gasteiger partial charge >= 0.3 is 0 Å². The summed E-state index contributed by atoms with van der Waals surface area (Å²) in [7, 11) is 0. The maximum absolute atomic E-state index is 5.06. The van der Waals surface area contributed by atoms with Crippen LogP contribution in [0.3, 0.4) is 0 Å². The fourth-order valence-corrected chi connectivity index (χ4v) is 6.17. The average molecular weight is 530 g/mol. The van der Waals surface area contributed by atoms with Gasteiger partial charge in [-0.1, -0.05) is 117 Å². The smallest absolute Gasteiger partial charge is 0.164 e. The molecule has 0 bridgehead atoms. The molecule has 1 aliphatic rings. The minimum absolute atomic E-state index is 0.0947. The molecule has 0 saturated heterocycles. The van der Waals surface area contributed by atoms with Crippen molar-refractivity contribution in [3.8, 4) is 56.4 Å². The minimum Gasteiger partial charge on any atom is -0.208 e. The second-order valence-electron chi connectivity index (χ2n) is 11.4. The van der Waals surface area contributed by atoms with Crippen LogP contribution < -0.4 is 0 Å². The predicted octanol–water partition coefficient (Wildman–Crippen LogP) is 9.46. The third kappa shape index (κ3) is 4.25. The van der Waals surface area contributed by atoms with Gasteiger partial charge < -0.3 is 0 Å². The van der Waals surface area contributed by atoms with E-state index in [9.17, 15) is 0 Å². The molecule has 5 aromatic carbocycles. The van der Waals surface area contributed by atoms with E-state index in [0.717, 1.165) is 16.7 Å². The number of hydrogen-bond donors (Lipinski definition) is 0. The van der Waals surface area contributed by atoms with Crippen molar-refractivity contribution in [2.75, 3.05) is 0 Å². The molecule has 0 amide bonds. The van der Waals surface area contributed by atoms with E-state index >= 15 is 0 Å². The van der Waals surface area contributed by atoms with Gasteiger partial charge in [0.25, 0.3) is 0 Å². The quantitative estimate of drug-likeness (QED) is 0.228. The van der Waals surface area contributed by atoms with Gasteiger partial charge in [-0.15, -0.1) is 0 Å². The van der Waals surface area contributed by atoms with Gasteiger partial charge in [-0.2, -0.15) is 0 Å². The van der Waals surface area contributed by atoms with Crippen LogP contribution in [-0.2, 0) is 5.41 Å². The summed E-state index contributed by atoms with van der Waals surface area (Å²) in [5, 5.41) is 0. The first-order valence-electron chi connectivity index (χ1n) is 14.1. The summed E-state index contributed by atoms with van der Waals surface area (Å²) in [6.45, 7) is 8.91. The summed E-state index contributed by atoms with van der Waals surface area (Å²) in [6.07, 6.45) is 0. The molecule has 0 saturated carbocycles. The van der Waals surface area contributed by atoms with Crippen LogP contribution in [0, 0.1) is 13.8 Å². The van der Waals surface area contributed by atoms with Gasteiger partial charge in [0.2, 0.25) is 0 Å². The zero-order valence-electron chi connectivity index (χ0n) is 23.8. The van der Waals surface area contributed by atoms with Crippen LogP contribution in [0.1, 0.15) is 36.1 Å². The molecule has 0 fully saturated rings. The first-order valence-corrected chi connectivity index (χ1v) is 14.1. The number of hydrogen-bond acceptors (Lipinski definition) is 3. The Labute approximate surface area is 241 Å². The summed E-state index contributed by atoms with van der Waals surface area (Å²) in [6, 6.07) is 40.6. The molecule has 41 heavy (non-hydrogen) atoms. The maximum Gasteiger partial charge on any atom is 0.164 e. The van der Waals surface area contributed by atoms with E-state index in [1.807, 2.05) is 18.2 Å². The predicted molar refractivity (Wildman–Crippen MR) is 169 cm³/mol. The molecule has 0 N–H and O–H groups in total. The molecular formula is C38H31N3. The number of benzene rings is 5. The van der Waals surface area contributed by atoms with E-state index in [1.54, 1.807) is 0 Å². The Bertz CT molecular complexity index is 1940. The molecule has 3 nitrogen and oxygen atoms in total.